The van der Waals surface area contributed by atoms with Crippen molar-refractivity contribution in [3.8, 4) is 0 Å². The number of hydrogen-bond acceptors (Lipinski definition) is 8. The van der Waals surface area contributed by atoms with E-state index in [0.717, 1.165) is 52.4 Å². The fraction of sp³-hybridized carbons (Fsp3) is 0.812. The van der Waals surface area contributed by atoms with Crippen molar-refractivity contribution in [2.24, 2.45) is 5.73 Å². The summed E-state index contributed by atoms with van der Waals surface area (Å²) in [6.07, 6.45) is 5.01. The molecule has 0 aromatic heterocycles. The van der Waals surface area contributed by atoms with Gasteiger partial charge in [-0.15, -0.1) is 0 Å². The van der Waals surface area contributed by atoms with E-state index in [0.29, 0.717) is 0 Å². The van der Waals surface area contributed by atoms with E-state index in [1.54, 1.807) is 0 Å². The highest BCUT2D eigenvalue weighted by Gasteiger charge is 2.18. The van der Waals surface area contributed by atoms with Gasteiger partial charge in [0.1, 0.15) is 0 Å². The molecular formula is C32H60N8. The van der Waals surface area contributed by atoms with Gasteiger partial charge in [-0.3, -0.25) is 9.80 Å². The third kappa shape index (κ3) is 11.6. The molecule has 0 radical (unpaired) electrons. The van der Waals surface area contributed by atoms with Crippen LogP contribution >= 0.6 is 0 Å². The van der Waals surface area contributed by atoms with Crippen molar-refractivity contribution >= 4 is 0 Å². The van der Waals surface area contributed by atoms with Crippen LogP contribution in [0.25, 0.3) is 0 Å². The van der Waals surface area contributed by atoms with E-state index in [2.05, 4.69) is 65.9 Å². The summed E-state index contributed by atoms with van der Waals surface area (Å²) in [5.41, 5.74) is 8.91. The van der Waals surface area contributed by atoms with Gasteiger partial charge in [0.15, 0.2) is 0 Å². The predicted molar refractivity (Wildman–Crippen MR) is 169 cm³/mol. The predicted octanol–water partition coefficient (Wildman–Crippen LogP) is 1.67. The van der Waals surface area contributed by atoms with E-state index in [4.69, 9.17) is 5.73 Å². The summed E-state index contributed by atoms with van der Waals surface area (Å²) in [5, 5.41) is 3.71. The molecule has 40 heavy (non-hydrogen) atoms. The number of piperazine rings is 2. The van der Waals surface area contributed by atoms with Crippen LogP contribution in [0.4, 0.5) is 0 Å². The molecule has 0 saturated carbocycles. The molecule has 4 aliphatic rings. The van der Waals surface area contributed by atoms with E-state index < -0.39 is 0 Å². The molecule has 3 N–H and O–H groups in total. The Bertz CT molecular complexity index is 788. The Hall–Kier alpha value is -1.10. The first kappa shape index (κ1) is 31.8. The zero-order chi connectivity index (χ0) is 27.8. The lowest BCUT2D eigenvalue weighted by Gasteiger charge is -2.35. The lowest BCUT2D eigenvalue weighted by atomic mass is 10.1. The number of rotatable bonds is 12. The van der Waals surface area contributed by atoms with E-state index >= 15 is 0 Å². The Morgan fingerprint density at radius 2 is 1.43 bits per heavy atom. The van der Waals surface area contributed by atoms with Gasteiger partial charge in [-0.25, -0.2) is 0 Å². The molecule has 228 valence electrons. The Labute approximate surface area is 245 Å². The van der Waals surface area contributed by atoms with Crippen molar-refractivity contribution in [1.82, 2.24) is 34.7 Å². The smallest absolute Gasteiger partial charge is 0.0234 e. The molecule has 0 atom stereocenters. The molecule has 1 aromatic rings. The fourth-order valence-corrected chi connectivity index (χ4v) is 6.68. The van der Waals surface area contributed by atoms with Crippen molar-refractivity contribution in [3.63, 3.8) is 0 Å². The summed E-state index contributed by atoms with van der Waals surface area (Å²) in [5.74, 6) is 0. The van der Waals surface area contributed by atoms with Gasteiger partial charge in [0.2, 0.25) is 0 Å². The normalized spacial score (nSPS) is 24.9. The van der Waals surface area contributed by atoms with Gasteiger partial charge in [-0.1, -0.05) is 31.2 Å². The molecular weight excluding hydrogens is 496 g/mol. The molecule has 4 saturated heterocycles. The maximum atomic E-state index is 6.03. The zero-order valence-electron chi connectivity index (χ0n) is 25.7. The summed E-state index contributed by atoms with van der Waals surface area (Å²) in [4.78, 5) is 15.8. The Morgan fingerprint density at radius 1 is 0.725 bits per heavy atom. The first-order valence-electron chi connectivity index (χ1n) is 16.5. The van der Waals surface area contributed by atoms with E-state index in [1.807, 2.05) is 0 Å². The first-order valence-corrected chi connectivity index (χ1v) is 16.5. The molecule has 0 unspecified atom stereocenters. The molecule has 1 aromatic carbocycles. The van der Waals surface area contributed by atoms with Crippen LogP contribution in [0.15, 0.2) is 24.3 Å². The topological polar surface area (TPSA) is 57.5 Å². The quantitative estimate of drug-likeness (QED) is 0.403. The van der Waals surface area contributed by atoms with Crippen molar-refractivity contribution < 1.29 is 0 Å². The Balaban J connectivity index is 1.23. The van der Waals surface area contributed by atoms with Crippen LogP contribution in [0.5, 0.6) is 0 Å². The van der Waals surface area contributed by atoms with Gasteiger partial charge in [0, 0.05) is 91.6 Å². The van der Waals surface area contributed by atoms with Gasteiger partial charge >= 0.3 is 0 Å². The van der Waals surface area contributed by atoms with Gasteiger partial charge in [-0.05, 0) is 82.6 Å². The molecule has 4 aliphatic heterocycles. The van der Waals surface area contributed by atoms with Crippen molar-refractivity contribution in [1.29, 1.82) is 0 Å². The van der Waals surface area contributed by atoms with Crippen molar-refractivity contribution in [3.05, 3.63) is 35.4 Å². The third-order valence-corrected chi connectivity index (χ3v) is 9.05. The lowest BCUT2D eigenvalue weighted by molar-refractivity contribution is 0.123. The highest BCUT2D eigenvalue weighted by atomic mass is 15.3. The fourth-order valence-electron chi connectivity index (χ4n) is 6.68. The summed E-state index contributed by atoms with van der Waals surface area (Å²) >= 11 is 0. The molecule has 0 aliphatic carbocycles. The molecule has 4 heterocycles. The average molecular weight is 557 g/mol. The van der Waals surface area contributed by atoms with Crippen LogP contribution in [0, 0.1) is 0 Å². The minimum atomic E-state index is 0.727. The number of benzene rings is 1. The number of fused-ring (bicyclic) bond motifs is 11. The van der Waals surface area contributed by atoms with Gasteiger partial charge in [0.25, 0.3) is 0 Å². The van der Waals surface area contributed by atoms with Crippen molar-refractivity contribution in [2.75, 3.05) is 124 Å². The second-order valence-corrected chi connectivity index (χ2v) is 12.3. The highest BCUT2D eigenvalue weighted by molar-refractivity contribution is 5.23. The molecule has 5 rings (SSSR count). The first-order chi connectivity index (χ1) is 19.7. The van der Waals surface area contributed by atoms with Crippen LogP contribution in [0.3, 0.4) is 0 Å². The van der Waals surface area contributed by atoms with Crippen molar-refractivity contribution in [2.45, 2.75) is 45.7 Å². The van der Waals surface area contributed by atoms with Gasteiger partial charge in [-0.2, -0.15) is 0 Å². The molecule has 4 fully saturated rings. The van der Waals surface area contributed by atoms with E-state index in [-0.39, 0.29) is 0 Å². The number of nitrogens with zero attached hydrogens (tertiary/aromatic N) is 6. The summed E-state index contributed by atoms with van der Waals surface area (Å²) in [6.45, 7) is 26.5. The summed E-state index contributed by atoms with van der Waals surface area (Å²) in [6, 6.07) is 9.36. The van der Waals surface area contributed by atoms with Crippen LogP contribution in [-0.4, -0.2) is 154 Å². The maximum absolute atomic E-state index is 6.03. The molecule has 0 spiro atoms. The number of nitrogens with two attached hydrogens (primary N) is 1. The summed E-state index contributed by atoms with van der Waals surface area (Å²) < 4.78 is 0. The Kier molecular flexibility index (Phi) is 14.7. The minimum absolute atomic E-state index is 0.727. The third-order valence-electron chi connectivity index (χ3n) is 9.05. The van der Waals surface area contributed by atoms with Crippen LogP contribution < -0.4 is 11.1 Å². The molecule has 8 heteroatoms. The lowest BCUT2D eigenvalue weighted by Crippen LogP contribution is -2.47. The van der Waals surface area contributed by atoms with Gasteiger partial charge < -0.3 is 30.7 Å². The average Bonchev–Trinajstić information content (AvgIpc) is 2.97. The largest absolute Gasteiger partial charge is 0.329 e. The molecule has 8 nitrogen and oxygen atoms in total. The van der Waals surface area contributed by atoms with Crippen LogP contribution in [0.2, 0.25) is 0 Å². The minimum Gasteiger partial charge on any atom is -0.329 e. The van der Waals surface area contributed by atoms with Gasteiger partial charge in [0.05, 0.1) is 0 Å². The highest BCUT2D eigenvalue weighted by Crippen LogP contribution is 2.13. The van der Waals surface area contributed by atoms with Crippen LogP contribution in [-0.2, 0) is 13.1 Å². The molecule has 0 amide bonds. The second kappa shape index (κ2) is 18.4. The number of nitrogens with one attached hydrogen (secondary N) is 1. The standard InChI is InChI=1S/C32H60N8/c1-2-12-35-20-22-37(23-21-35)14-5-16-39(18-9-33)29-31-7-3-8-32(28-31)30-40-17-6-15-38-26-24-36(25-27-38)13-4-10-34-11-19-40/h3,7-8,28,34H,2,4-6,9-27,29-30,33H2,1H3. The van der Waals surface area contributed by atoms with E-state index in [1.165, 1.54) is 122 Å². The maximum Gasteiger partial charge on any atom is 0.0234 e. The van der Waals surface area contributed by atoms with Crippen LogP contribution in [0.1, 0.15) is 43.7 Å². The SMILES string of the molecule is CCCN1CCN(CCCN(CCN)Cc2cccc(CN3CCCN4CCN(CCCNCC3)CC4)c2)CC1. The Morgan fingerprint density at radius 3 is 2.15 bits per heavy atom. The monoisotopic (exact) mass is 556 g/mol. The second-order valence-electron chi connectivity index (χ2n) is 12.3. The zero-order valence-corrected chi connectivity index (χ0v) is 25.7. The summed E-state index contributed by atoms with van der Waals surface area (Å²) in [7, 11) is 0. The van der Waals surface area contributed by atoms with E-state index in [9.17, 15) is 0 Å². The number of hydrogen-bond donors (Lipinski definition) is 2. The molecule has 2 bridgehead atoms.